The van der Waals surface area contributed by atoms with Gasteiger partial charge in [0.05, 0.1) is 22.5 Å². The molecule has 1 heterocycles. The molecule has 1 aliphatic rings. The van der Waals surface area contributed by atoms with Crippen molar-refractivity contribution in [2.75, 3.05) is 36.5 Å². The molecule has 0 fully saturated rings. The quantitative estimate of drug-likeness (QED) is 0.822. The summed E-state index contributed by atoms with van der Waals surface area (Å²) >= 11 is 6.09. The van der Waals surface area contributed by atoms with E-state index in [4.69, 9.17) is 11.6 Å². The van der Waals surface area contributed by atoms with E-state index < -0.39 is 10.0 Å². The first-order valence-electron chi connectivity index (χ1n) is 8.51. The maximum absolute atomic E-state index is 12.6. The monoisotopic (exact) mass is 421 g/mol. The van der Waals surface area contributed by atoms with Gasteiger partial charge >= 0.3 is 0 Å². The van der Waals surface area contributed by atoms with Crippen LogP contribution in [0.5, 0.6) is 0 Å². The molecule has 28 heavy (non-hydrogen) atoms. The molecule has 0 radical (unpaired) electrons. The van der Waals surface area contributed by atoms with Gasteiger partial charge in [-0.2, -0.15) is 0 Å². The van der Waals surface area contributed by atoms with Crippen molar-refractivity contribution >= 4 is 44.8 Å². The van der Waals surface area contributed by atoms with Gasteiger partial charge in [-0.25, -0.2) is 8.42 Å². The van der Waals surface area contributed by atoms with Crippen LogP contribution in [0.1, 0.15) is 26.3 Å². The lowest BCUT2D eigenvalue weighted by Crippen LogP contribution is -2.27. The Hall–Kier alpha value is -2.58. The van der Waals surface area contributed by atoms with Crippen LogP contribution >= 0.6 is 11.6 Å². The van der Waals surface area contributed by atoms with Crippen LogP contribution in [0, 0.1) is 0 Å². The van der Waals surface area contributed by atoms with Crippen molar-refractivity contribution in [1.29, 1.82) is 0 Å². The van der Waals surface area contributed by atoms with E-state index in [1.807, 2.05) is 0 Å². The summed E-state index contributed by atoms with van der Waals surface area (Å²) in [5, 5.41) is 3.05. The van der Waals surface area contributed by atoms with Crippen molar-refractivity contribution in [2.45, 2.75) is 6.42 Å². The van der Waals surface area contributed by atoms with Crippen LogP contribution in [-0.2, 0) is 16.4 Å². The molecule has 9 heteroatoms. The van der Waals surface area contributed by atoms with Gasteiger partial charge in [0.25, 0.3) is 11.8 Å². The van der Waals surface area contributed by atoms with E-state index in [1.165, 1.54) is 15.3 Å². The largest absolute Gasteiger partial charge is 0.345 e. The smallest absolute Gasteiger partial charge is 0.255 e. The second-order valence-electron chi connectivity index (χ2n) is 6.78. The predicted molar refractivity (Wildman–Crippen MR) is 110 cm³/mol. The van der Waals surface area contributed by atoms with Gasteiger partial charge in [-0.1, -0.05) is 11.6 Å². The van der Waals surface area contributed by atoms with Gasteiger partial charge < -0.3 is 10.2 Å². The SMILES string of the molecule is CN(C)C(=O)c1cc(NC(=O)c2ccc3c(c2)CCN3S(C)(=O)=O)ccc1Cl. The minimum absolute atomic E-state index is 0.264. The first kappa shape index (κ1) is 20.2. The molecular weight excluding hydrogens is 402 g/mol. The number of nitrogens with one attached hydrogen (secondary N) is 1. The highest BCUT2D eigenvalue weighted by molar-refractivity contribution is 7.92. The highest BCUT2D eigenvalue weighted by atomic mass is 35.5. The lowest BCUT2D eigenvalue weighted by Gasteiger charge is -2.16. The van der Waals surface area contributed by atoms with E-state index in [0.717, 1.165) is 11.8 Å². The minimum atomic E-state index is -3.34. The summed E-state index contributed by atoms with van der Waals surface area (Å²) in [6.45, 7) is 0.367. The van der Waals surface area contributed by atoms with Crippen molar-refractivity contribution in [1.82, 2.24) is 4.90 Å². The van der Waals surface area contributed by atoms with Crippen LogP contribution in [0.15, 0.2) is 36.4 Å². The van der Waals surface area contributed by atoms with Crippen LogP contribution in [0.3, 0.4) is 0 Å². The number of hydrogen-bond acceptors (Lipinski definition) is 4. The molecule has 1 N–H and O–H groups in total. The predicted octanol–water partition coefficient (Wildman–Crippen LogP) is 2.62. The summed E-state index contributed by atoms with van der Waals surface area (Å²) in [6.07, 6.45) is 1.71. The number of halogens is 1. The molecule has 3 rings (SSSR count). The Morgan fingerprint density at radius 2 is 1.86 bits per heavy atom. The van der Waals surface area contributed by atoms with Gasteiger partial charge in [-0.3, -0.25) is 13.9 Å². The first-order valence-corrected chi connectivity index (χ1v) is 10.7. The Balaban J connectivity index is 1.83. The van der Waals surface area contributed by atoms with Crippen molar-refractivity contribution in [2.24, 2.45) is 0 Å². The summed E-state index contributed by atoms with van der Waals surface area (Å²) in [6, 6.07) is 9.62. The number of benzene rings is 2. The van der Waals surface area contributed by atoms with Crippen LogP contribution < -0.4 is 9.62 Å². The fourth-order valence-electron chi connectivity index (χ4n) is 3.07. The fraction of sp³-hybridized carbons (Fsp3) is 0.263. The van der Waals surface area contributed by atoms with E-state index in [2.05, 4.69) is 5.32 Å². The second kappa shape index (κ2) is 7.44. The number of anilines is 2. The molecule has 0 bridgehead atoms. The minimum Gasteiger partial charge on any atom is -0.345 e. The third-order valence-electron chi connectivity index (χ3n) is 4.46. The molecule has 0 unspecified atom stereocenters. The van der Waals surface area contributed by atoms with Crippen LogP contribution in [0.4, 0.5) is 11.4 Å². The Kier molecular flexibility index (Phi) is 5.36. The second-order valence-corrected chi connectivity index (χ2v) is 9.09. The lowest BCUT2D eigenvalue weighted by molar-refractivity contribution is 0.0827. The molecule has 2 aromatic rings. The fourth-order valence-corrected chi connectivity index (χ4v) is 4.23. The van der Waals surface area contributed by atoms with Crippen LogP contribution in [0.2, 0.25) is 5.02 Å². The van der Waals surface area contributed by atoms with E-state index >= 15 is 0 Å². The van der Waals surface area contributed by atoms with Crippen LogP contribution in [-0.4, -0.2) is 52.0 Å². The maximum Gasteiger partial charge on any atom is 0.255 e. The summed E-state index contributed by atoms with van der Waals surface area (Å²) in [7, 11) is -0.0987. The van der Waals surface area contributed by atoms with Crippen molar-refractivity contribution in [3.63, 3.8) is 0 Å². The van der Waals surface area contributed by atoms with Crippen molar-refractivity contribution < 1.29 is 18.0 Å². The van der Waals surface area contributed by atoms with Gasteiger partial charge in [-0.05, 0) is 48.4 Å². The molecule has 148 valence electrons. The standard InChI is InChI=1S/C19H20ClN3O4S/c1-22(2)19(25)15-11-14(5-6-16(15)20)21-18(24)13-4-7-17-12(10-13)8-9-23(17)28(3,26)27/h4-7,10-11H,8-9H2,1-3H3,(H,21,24). The van der Waals surface area contributed by atoms with E-state index in [1.54, 1.807) is 44.4 Å². The maximum atomic E-state index is 12.6. The van der Waals surface area contributed by atoms with Gasteiger partial charge in [0, 0.05) is 31.9 Å². The summed E-state index contributed by atoms with van der Waals surface area (Å²) in [5.41, 5.74) is 2.55. The molecule has 0 spiro atoms. The topological polar surface area (TPSA) is 86.8 Å². The van der Waals surface area contributed by atoms with Gasteiger partial charge in [0.2, 0.25) is 10.0 Å². The van der Waals surface area contributed by atoms with Gasteiger partial charge in [-0.15, -0.1) is 0 Å². The first-order chi connectivity index (χ1) is 13.1. The molecule has 0 aromatic heterocycles. The van der Waals surface area contributed by atoms with E-state index in [0.29, 0.717) is 40.5 Å². The average Bonchev–Trinajstić information content (AvgIpc) is 3.06. The van der Waals surface area contributed by atoms with E-state index in [9.17, 15) is 18.0 Å². The number of hydrogen-bond donors (Lipinski definition) is 1. The zero-order valence-corrected chi connectivity index (χ0v) is 17.3. The highest BCUT2D eigenvalue weighted by Crippen LogP contribution is 2.31. The molecular formula is C19H20ClN3O4S. The Labute approximate surface area is 168 Å². The summed E-state index contributed by atoms with van der Waals surface area (Å²) in [4.78, 5) is 26.2. The van der Waals surface area contributed by atoms with Gasteiger partial charge in [0.1, 0.15) is 0 Å². The van der Waals surface area contributed by atoms with Gasteiger partial charge in [0.15, 0.2) is 0 Å². The molecule has 0 saturated heterocycles. The highest BCUT2D eigenvalue weighted by Gasteiger charge is 2.26. The zero-order chi connectivity index (χ0) is 20.6. The Bertz CT molecular complexity index is 1070. The lowest BCUT2D eigenvalue weighted by atomic mass is 10.1. The Morgan fingerprint density at radius 3 is 2.50 bits per heavy atom. The molecule has 2 amide bonds. The van der Waals surface area contributed by atoms with Crippen molar-refractivity contribution in [3.05, 3.63) is 58.1 Å². The average molecular weight is 422 g/mol. The number of amides is 2. The number of sulfonamides is 1. The molecule has 2 aromatic carbocycles. The molecule has 7 nitrogen and oxygen atoms in total. The van der Waals surface area contributed by atoms with Crippen molar-refractivity contribution in [3.8, 4) is 0 Å². The summed E-state index contributed by atoms with van der Waals surface area (Å²) < 4.78 is 25.0. The Morgan fingerprint density at radius 1 is 1.14 bits per heavy atom. The number of rotatable bonds is 4. The molecule has 0 saturated carbocycles. The third-order valence-corrected chi connectivity index (χ3v) is 5.97. The zero-order valence-electron chi connectivity index (χ0n) is 15.7. The number of carbonyl (C=O) groups excluding carboxylic acids is 2. The molecule has 1 aliphatic heterocycles. The summed E-state index contributed by atoms with van der Waals surface area (Å²) in [5.74, 6) is -0.620. The normalized spacial score (nSPS) is 13.2. The van der Waals surface area contributed by atoms with Crippen LogP contribution in [0.25, 0.3) is 0 Å². The number of carbonyl (C=O) groups is 2. The number of nitrogens with zero attached hydrogens (tertiary/aromatic N) is 2. The molecule has 0 atom stereocenters. The van der Waals surface area contributed by atoms with E-state index in [-0.39, 0.29) is 11.8 Å². The number of fused-ring (bicyclic) bond motifs is 1. The third kappa shape index (κ3) is 3.98. The molecule has 0 aliphatic carbocycles.